The van der Waals surface area contributed by atoms with Crippen LogP contribution in [0, 0.1) is 12.8 Å². The van der Waals surface area contributed by atoms with Crippen molar-refractivity contribution in [3.8, 4) is 16.9 Å². The zero-order valence-electron chi connectivity index (χ0n) is 19.0. The van der Waals surface area contributed by atoms with Crippen LogP contribution in [0.5, 0.6) is 0 Å². The second-order valence-corrected chi connectivity index (χ2v) is 9.62. The first kappa shape index (κ1) is 22.1. The van der Waals surface area contributed by atoms with Gasteiger partial charge in [0.1, 0.15) is 6.54 Å². The van der Waals surface area contributed by atoms with Crippen molar-refractivity contribution in [1.82, 2.24) is 14.5 Å². The van der Waals surface area contributed by atoms with E-state index in [1.54, 1.807) is 11.0 Å². The number of nitrogens with zero attached hydrogens (tertiary/aromatic N) is 3. The highest BCUT2D eigenvalue weighted by atomic mass is 32.1. The molecule has 1 saturated carbocycles. The van der Waals surface area contributed by atoms with Crippen LogP contribution >= 0.6 is 11.3 Å². The molecule has 6 nitrogen and oxygen atoms in total. The van der Waals surface area contributed by atoms with Crippen molar-refractivity contribution in [2.75, 3.05) is 18.4 Å². The number of carbonyl (C=O) groups excluding carboxylic acids is 2. The van der Waals surface area contributed by atoms with Crippen LogP contribution in [0.2, 0.25) is 0 Å². The Bertz CT molecular complexity index is 1280. The first-order valence-corrected chi connectivity index (χ1v) is 12.3. The van der Waals surface area contributed by atoms with Gasteiger partial charge in [-0.3, -0.25) is 19.5 Å². The van der Waals surface area contributed by atoms with Crippen LogP contribution < -0.4 is 5.32 Å². The second-order valence-electron chi connectivity index (χ2n) is 8.68. The fourth-order valence-electron chi connectivity index (χ4n) is 3.84. The number of hydrogen-bond acceptors (Lipinski definition) is 4. The molecule has 0 aliphatic heterocycles. The molecule has 34 heavy (non-hydrogen) atoms. The van der Waals surface area contributed by atoms with Gasteiger partial charge in [-0.2, -0.15) is 0 Å². The summed E-state index contributed by atoms with van der Waals surface area (Å²) in [5.74, 6) is 0.562. The molecule has 0 atom stereocenters. The molecule has 2 amide bonds. The van der Waals surface area contributed by atoms with Crippen LogP contribution in [-0.2, 0) is 4.79 Å². The Morgan fingerprint density at radius 1 is 1.06 bits per heavy atom. The average molecular weight is 471 g/mol. The lowest BCUT2D eigenvalue weighted by Gasteiger charge is -2.21. The van der Waals surface area contributed by atoms with Crippen molar-refractivity contribution in [2.24, 2.45) is 5.92 Å². The smallest absolute Gasteiger partial charge is 0.264 e. The van der Waals surface area contributed by atoms with Crippen LogP contribution in [0.1, 0.15) is 28.1 Å². The third-order valence-electron chi connectivity index (χ3n) is 5.87. The zero-order valence-corrected chi connectivity index (χ0v) is 19.8. The molecule has 0 unspecified atom stereocenters. The monoisotopic (exact) mass is 470 g/mol. The minimum Gasteiger partial charge on any atom is -0.328 e. The number of nitrogens with one attached hydrogen (secondary N) is 1. The lowest BCUT2D eigenvalue weighted by atomic mass is 10.2. The van der Waals surface area contributed by atoms with Crippen molar-refractivity contribution in [2.45, 2.75) is 19.8 Å². The molecular formula is C27H26N4O2S. The van der Waals surface area contributed by atoms with Gasteiger partial charge in [0.05, 0.1) is 10.6 Å². The largest absolute Gasteiger partial charge is 0.328 e. The van der Waals surface area contributed by atoms with Crippen molar-refractivity contribution in [1.29, 1.82) is 0 Å². The number of aryl methyl sites for hydroxylation is 1. The number of amides is 2. The lowest BCUT2D eigenvalue weighted by molar-refractivity contribution is -0.117. The topological polar surface area (TPSA) is 67.2 Å². The summed E-state index contributed by atoms with van der Waals surface area (Å²) in [7, 11) is 0. The molecule has 172 valence electrons. The SMILES string of the molecule is Cc1ccc(-n2cc(-c3ccccc3)nc2NC(=O)CN(CC2CC2)C(=O)c2cccs2)cc1. The Morgan fingerprint density at radius 3 is 2.50 bits per heavy atom. The first-order chi connectivity index (χ1) is 16.6. The molecule has 1 fully saturated rings. The zero-order chi connectivity index (χ0) is 23.5. The van der Waals surface area contributed by atoms with Crippen molar-refractivity contribution in [3.63, 3.8) is 0 Å². The molecule has 1 N–H and O–H groups in total. The molecular weight excluding hydrogens is 444 g/mol. The molecule has 2 aromatic heterocycles. The highest BCUT2D eigenvalue weighted by molar-refractivity contribution is 7.12. The standard InChI is InChI=1S/C27H26N4O2S/c1-19-9-13-22(14-10-19)31-17-23(21-6-3-2-4-7-21)28-27(31)29-25(32)18-30(16-20-11-12-20)26(33)24-8-5-15-34-24/h2-10,13-15,17,20H,11-12,16,18H2,1H3,(H,28,29,32). The second kappa shape index (κ2) is 9.65. The Kier molecular flexibility index (Phi) is 6.27. The number of rotatable bonds is 8. The summed E-state index contributed by atoms with van der Waals surface area (Å²) < 4.78 is 1.88. The predicted octanol–water partition coefficient (Wildman–Crippen LogP) is 5.40. The van der Waals surface area contributed by atoms with E-state index in [-0.39, 0.29) is 18.4 Å². The maximum atomic E-state index is 13.1. The summed E-state index contributed by atoms with van der Waals surface area (Å²) in [6.07, 6.45) is 4.14. The highest BCUT2D eigenvalue weighted by Gasteiger charge is 2.29. The predicted molar refractivity (Wildman–Crippen MR) is 135 cm³/mol. The number of benzene rings is 2. The van der Waals surface area contributed by atoms with Crippen LogP contribution in [0.25, 0.3) is 16.9 Å². The van der Waals surface area contributed by atoms with Crippen LogP contribution in [0.4, 0.5) is 5.95 Å². The maximum Gasteiger partial charge on any atom is 0.264 e. The normalized spacial score (nSPS) is 13.0. The number of anilines is 1. The van der Waals surface area contributed by atoms with Gasteiger partial charge in [0.2, 0.25) is 11.9 Å². The number of carbonyl (C=O) groups is 2. The van der Waals surface area contributed by atoms with Gasteiger partial charge in [0.15, 0.2) is 0 Å². The number of imidazole rings is 1. The Balaban J connectivity index is 1.40. The van der Waals surface area contributed by atoms with Gasteiger partial charge in [-0.15, -0.1) is 11.3 Å². The summed E-state index contributed by atoms with van der Waals surface area (Å²) in [6.45, 7) is 2.63. The van der Waals surface area contributed by atoms with Crippen molar-refractivity contribution >= 4 is 29.1 Å². The Labute approximate surface area is 202 Å². The third kappa shape index (κ3) is 5.10. The number of aromatic nitrogens is 2. The van der Waals surface area contributed by atoms with E-state index in [1.165, 1.54) is 11.3 Å². The first-order valence-electron chi connectivity index (χ1n) is 11.4. The molecule has 0 saturated heterocycles. The Hall–Kier alpha value is -3.71. The minimum atomic E-state index is -0.260. The maximum absolute atomic E-state index is 13.1. The van der Waals surface area contributed by atoms with Gasteiger partial charge < -0.3 is 4.90 Å². The molecule has 1 aliphatic rings. The molecule has 4 aromatic rings. The lowest BCUT2D eigenvalue weighted by Crippen LogP contribution is -2.39. The van der Waals surface area contributed by atoms with Crippen molar-refractivity contribution < 1.29 is 9.59 Å². The van der Waals surface area contributed by atoms with Crippen LogP contribution in [0.15, 0.2) is 78.3 Å². The van der Waals surface area contributed by atoms with E-state index in [0.29, 0.717) is 23.3 Å². The van der Waals surface area contributed by atoms with E-state index in [1.807, 2.05) is 83.7 Å². The van der Waals surface area contributed by atoms with Gasteiger partial charge in [-0.1, -0.05) is 54.1 Å². The molecule has 0 spiro atoms. The van der Waals surface area contributed by atoms with Gasteiger partial charge >= 0.3 is 0 Å². The molecule has 1 aliphatic carbocycles. The summed E-state index contributed by atoms with van der Waals surface area (Å²) in [4.78, 5) is 33.2. The molecule has 5 rings (SSSR count). The third-order valence-corrected chi connectivity index (χ3v) is 6.73. The molecule has 2 heterocycles. The summed E-state index contributed by atoms with van der Waals surface area (Å²) >= 11 is 1.40. The molecule has 0 radical (unpaired) electrons. The van der Waals surface area contributed by atoms with E-state index < -0.39 is 0 Å². The van der Waals surface area contributed by atoms with E-state index in [9.17, 15) is 9.59 Å². The van der Waals surface area contributed by atoms with Gasteiger partial charge in [0.25, 0.3) is 5.91 Å². The average Bonchev–Trinajstić information content (AvgIpc) is 3.32. The molecule has 7 heteroatoms. The molecule has 0 bridgehead atoms. The minimum absolute atomic E-state index is 0.00530. The summed E-state index contributed by atoms with van der Waals surface area (Å²) in [6, 6.07) is 21.6. The summed E-state index contributed by atoms with van der Waals surface area (Å²) in [5, 5.41) is 4.84. The number of hydrogen-bond donors (Lipinski definition) is 1. The summed E-state index contributed by atoms with van der Waals surface area (Å²) in [5.41, 5.74) is 3.79. The fourth-order valence-corrected chi connectivity index (χ4v) is 4.53. The molecule has 2 aromatic carbocycles. The highest BCUT2D eigenvalue weighted by Crippen LogP contribution is 2.30. The van der Waals surface area contributed by atoms with Gasteiger partial charge in [-0.05, 0) is 49.3 Å². The van der Waals surface area contributed by atoms with E-state index >= 15 is 0 Å². The van der Waals surface area contributed by atoms with Crippen molar-refractivity contribution in [3.05, 3.63) is 88.7 Å². The van der Waals surface area contributed by atoms with E-state index in [2.05, 4.69) is 5.32 Å². The number of thiophene rings is 1. The van der Waals surface area contributed by atoms with Crippen LogP contribution in [-0.4, -0.2) is 39.4 Å². The van der Waals surface area contributed by atoms with E-state index in [4.69, 9.17) is 4.98 Å². The van der Waals surface area contributed by atoms with Gasteiger partial charge in [0, 0.05) is 24.0 Å². The van der Waals surface area contributed by atoms with Gasteiger partial charge in [-0.25, -0.2) is 4.98 Å². The Morgan fingerprint density at radius 2 is 1.82 bits per heavy atom. The van der Waals surface area contributed by atoms with Crippen LogP contribution in [0.3, 0.4) is 0 Å². The fraction of sp³-hybridized carbons (Fsp3) is 0.222. The van der Waals surface area contributed by atoms with E-state index in [0.717, 1.165) is 35.3 Å². The quantitative estimate of drug-likeness (QED) is 0.375.